The van der Waals surface area contributed by atoms with E-state index >= 15 is 0 Å². The van der Waals surface area contributed by atoms with Crippen LogP contribution in [-0.4, -0.2) is 35.6 Å². The Morgan fingerprint density at radius 1 is 1.32 bits per heavy atom. The molecular formula is C18H28N2O2. The van der Waals surface area contributed by atoms with E-state index in [-0.39, 0.29) is 0 Å². The predicted molar refractivity (Wildman–Crippen MR) is 88.2 cm³/mol. The maximum absolute atomic E-state index is 11.3. The van der Waals surface area contributed by atoms with Gasteiger partial charge in [0.1, 0.15) is 0 Å². The number of rotatable bonds is 6. The first-order valence-corrected chi connectivity index (χ1v) is 8.40. The molecule has 2 N–H and O–H groups in total. The fourth-order valence-electron chi connectivity index (χ4n) is 3.27. The molecule has 0 bridgehead atoms. The topological polar surface area (TPSA) is 52.6 Å². The number of amides is 1. The van der Waals surface area contributed by atoms with Crippen molar-refractivity contribution in [2.45, 2.75) is 45.4 Å². The monoisotopic (exact) mass is 304 g/mol. The van der Waals surface area contributed by atoms with Gasteiger partial charge < -0.3 is 4.90 Å². The van der Waals surface area contributed by atoms with Crippen LogP contribution >= 0.6 is 0 Å². The first-order chi connectivity index (χ1) is 10.6. The number of likely N-dealkylation sites (tertiary alicyclic amines) is 1. The lowest BCUT2D eigenvalue weighted by Gasteiger charge is -2.31. The standard InChI is InChI=1S/C18H28N2O2/c1-3-20-12-10-15(11-13-20)5-4-14(2)16-6-8-17(9-7-16)18(21)19-22/h6-9,14-15,22H,3-5,10-13H2,1-2H3,(H,19,21)/t14-/m0/s1. The van der Waals surface area contributed by atoms with Gasteiger partial charge in [0.25, 0.3) is 5.91 Å². The normalized spacial score (nSPS) is 18.1. The number of hydrogen-bond acceptors (Lipinski definition) is 3. The van der Waals surface area contributed by atoms with E-state index in [0.29, 0.717) is 11.5 Å². The van der Waals surface area contributed by atoms with Crippen molar-refractivity contribution in [1.82, 2.24) is 10.4 Å². The Hall–Kier alpha value is -1.39. The molecule has 0 radical (unpaired) electrons. The number of piperidine rings is 1. The van der Waals surface area contributed by atoms with Gasteiger partial charge in [0.2, 0.25) is 0 Å². The molecule has 4 heteroatoms. The molecule has 1 aromatic carbocycles. The van der Waals surface area contributed by atoms with Crippen molar-refractivity contribution in [3.8, 4) is 0 Å². The van der Waals surface area contributed by atoms with E-state index in [1.54, 1.807) is 17.6 Å². The fraction of sp³-hybridized carbons (Fsp3) is 0.611. The van der Waals surface area contributed by atoms with Crippen LogP contribution in [0.5, 0.6) is 0 Å². The molecule has 0 saturated carbocycles. The van der Waals surface area contributed by atoms with Gasteiger partial charge in [0.15, 0.2) is 0 Å². The number of carbonyl (C=O) groups excluding carboxylic acids is 1. The SMILES string of the molecule is CCN1CCC(CC[C@H](C)c2ccc(C(=O)NO)cc2)CC1. The third-order valence-electron chi connectivity index (χ3n) is 5.01. The average molecular weight is 304 g/mol. The molecule has 1 amide bonds. The maximum atomic E-state index is 11.3. The lowest BCUT2D eigenvalue weighted by atomic mass is 9.87. The zero-order valence-electron chi connectivity index (χ0n) is 13.7. The number of benzene rings is 1. The lowest BCUT2D eigenvalue weighted by Crippen LogP contribution is -2.33. The molecular weight excluding hydrogens is 276 g/mol. The van der Waals surface area contributed by atoms with Crippen molar-refractivity contribution in [2.24, 2.45) is 5.92 Å². The van der Waals surface area contributed by atoms with Crippen molar-refractivity contribution in [3.05, 3.63) is 35.4 Å². The highest BCUT2D eigenvalue weighted by Gasteiger charge is 2.19. The van der Waals surface area contributed by atoms with E-state index in [0.717, 1.165) is 5.92 Å². The number of hydrogen-bond donors (Lipinski definition) is 2. The third kappa shape index (κ3) is 4.55. The van der Waals surface area contributed by atoms with Crippen LogP contribution in [0.3, 0.4) is 0 Å². The van der Waals surface area contributed by atoms with E-state index in [1.165, 1.54) is 50.9 Å². The highest BCUT2D eigenvalue weighted by molar-refractivity contribution is 5.93. The van der Waals surface area contributed by atoms with Crippen LogP contribution in [0.4, 0.5) is 0 Å². The molecule has 4 nitrogen and oxygen atoms in total. The summed E-state index contributed by atoms with van der Waals surface area (Å²) < 4.78 is 0. The van der Waals surface area contributed by atoms with Crippen molar-refractivity contribution < 1.29 is 10.0 Å². The number of nitrogens with zero attached hydrogens (tertiary/aromatic N) is 1. The van der Waals surface area contributed by atoms with E-state index < -0.39 is 5.91 Å². The highest BCUT2D eigenvalue weighted by atomic mass is 16.5. The zero-order chi connectivity index (χ0) is 15.9. The Morgan fingerprint density at radius 2 is 1.95 bits per heavy atom. The van der Waals surface area contributed by atoms with Crippen molar-refractivity contribution >= 4 is 5.91 Å². The first-order valence-electron chi connectivity index (χ1n) is 8.40. The summed E-state index contributed by atoms with van der Waals surface area (Å²) in [6.45, 7) is 8.17. The van der Waals surface area contributed by atoms with Crippen LogP contribution < -0.4 is 5.48 Å². The third-order valence-corrected chi connectivity index (χ3v) is 5.01. The molecule has 1 aromatic rings. The summed E-state index contributed by atoms with van der Waals surface area (Å²) in [5.74, 6) is 0.919. The van der Waals surface area contributed by atoms with Crippen LogP contribution in [0.2, 0.25) is 0 Å². The Bertz CT molecular complexity index is 464. The Kier molecular flexibility index (Phi) is 6.40. The summed E-state index contributed by atoms with van der Waals surface area (Å²) in [5, 5.41) is 8.63. The largest absolute Gasteiger partial charge is 0.304 e. The van der Waals surface area contributed by atoms with Crippen LogP contribution in [-0.2, 0) is 0 Å². The van der Waals surface area contributed by atoms with Gasteiger partial charge in [-0.05, 0) is 74.8 Å². The second-order valence-corrected chi connectivity index (χ2v) is 6.42. The van der Waals surface area contributed by atoms with Gasteiger partial charge in [-0.2, -0.15) is 0 Å². The highest BCUT2D eigenvalue weighted by Crippen LogP contribution is 2.28. The van der Waals surface area contributed by atoms with E-state index in [1.807, 2.05) is 12.1 Å². The smallest absolute Gasteiger partial charge is 0.274 e. The van der Waals surface area contributed by atoms with Crippen molar-refractivity contribution in [3.63, 3.8) is 0 Å². The molecule has 1 saturated heterocycles. The Morgan fingerprint density at radius 3 is 2.50 bits per heavy atom. The summed E-state index contributed by atoms with van der Waals surface area (Å²) in [7, 11) is 0. The van der Waals surface area contributed by atoms with Crippen LogP contribution in [0.25, 0.3) is 0 Å². The van der Waals surface area contributed by atoms with Crippen molar-refractivity contribution in [2.75, 3.05) is 19.6 Å². The second kappa shape index (κ2) is 8.30. The van der Waals surface area contributed by atoms with Gasteiger partial charge in [0.05, 0.1) is 0 Å². The molecule has 1 heterocycles. The molecule has 1 atom stereocenters. The summed E-state index contributed by atoms with van der Waals surface area (Å²) in [6.07, 6.45) is 5.15. The minimum Gasteiger partial charge on any atom is -0.304 e. The van der Waals surface area contributed by atoms with Gasteiger partial charge in [-0.25, -0.2) is 5.48 Å². The molecule has 1 aliphatic heterocycles. The summed E-state index contributed by atoms with van der Waals surface area (Å²) >= 11 is 0. The lowest BCUT2D eigenvalue weighted by molar-refractivity contribution is 0.0706. The van der Waals surface area contributed by atoms with Gasteiger partial charge in [-0.1, -0.05) is 26.0 Å². The van der Waals surface area contributed by atoms with Crippen LogP contribution in [0.1, 0.15) is 61.4 Å². The van der Waals surface area contributed by atoms with Crippen LogP contribution in [0, 0.1) is 5.92 Å². The Labute approximate surface area is 133 Å². The molecule has 1 aliphatic rings. The molecule has 2 rings (SSSR count). The first kappa shape index (κ1) is 17.0. The molecule has 0 aromatic heterocycles. The van der Waals surface area contributed by atoms with Gasteiger partial charge in [0, 0.05) is 5.56 Å². The molecule has 0 aliphatic carbocycles. The van der Waals surface area contributed by atoms with Gasteiger partial charge >= 0.3 is 0 Å². The summed E-state index contributed by atoms with van der Waals surface area (Å²) in [4.78, 5) is 13.8. The summed E-state index contributed by atoms with van der Waals surface area (Å²) in [6, 6.07) is 7.54. The van der Waals surface area contributed by atoms with Crippen LogP contribution in [0.15, 0.2) is 24.3 Å². The van der Waals surface area contributed by atoms with E-state index in [2.05, 4.69) is 18.7 Å². The van der Waals surface area contributed by atoms with Crippen molar-refractivity contribution in [1.29, 1.82) is 0 Å². The van der Waals surface area contributed by atoms with Gasteiger partial charge in [-0.15, -0.1) is 0 Å². The molecule has 122 valence electrons. The Balaban J connectivity index is 1.80. The number of hydroxylamine groups is 1. The number of nitrogens with one attached hydrogen (secondary N) is 1. The summed E-state index contributed by atoms with van der Waals surface area (Å²) in [5.41, 5.74) is 3.42. The molecule has 0 unspecified atom stereocenters. The average Bonchev–Trinajstić information content (AvgIpc) is 2.59. The molecule has 0 spiro atoms. The zero-order valence-corrected chi connectivity index (χ0v) is 13.7. The molecule has 1 fully saturated rings. The molecule has 22 heavy (non-hydrogen) atoms. The maximum Gasteiger partial charge on any atom is 0.274 e. The van der Waals surface area contributed by atoms with Gasteiger partial charge in [-0.3, -0.25) is 10.0 Å². The second-order valence-electron chi connectivity index (χ2n) is 6.42. The minimum atomic E-state index is -0.457. The fourth-order valence-corrected chi connectivity index (χ4v) is 3.27. The van der Waals surface area contributed by atoms with E-state index in [4.69, 9.17) is 5.21 Å². The quantitative estimate of drug-likeness (QED) is 0.625. The predicted octanol–water partition coefficient (Wildman–Crippen LogP) is 3.42. The minimum absolute atomic E-state index is 0.457. The van der Waals surface area contributed by atoms with E-state index in [9.17, 15) is 4.79 Å². The number of carbonyl (C=O) groups is 1.